The highest BCUT2D eigenvalue weighted by Crippen LogP contribution is 2.45. The summed E-state index contributed by atoms with van der Waals surface area (Å²) in [5.74, 6) is -1.81. The number of carbonyl (C=O) groups excluding carboxylic acids is 3. The van der Waals surface area contributed by atoms with Crippen LogP contribution in [-0.2, 0) is 25.4 Å². The monoisotopic (exact) mass is 658 g/mol. The van der Waals surface area contributed by atoms with E-state index in [1.807, 2.05) is 36.4 Å². The SMILES string of the molecule is CCCC[C@H](C(=O)Sc1ccccn1)[C@@H](O[Si](C(C)C)(C(C)C)C(C)C)[C@@H](C)C(=O)[C@@H](NC(=O)OCc1ccccc1)[C@@H](C)O. The first-order chi connectivity index (χ1) is 21.3. The first kappa shape index (κ1) is 38.6. The number of nitrogens with one attached hydrogen (secondary N) is 1. The van der Waals surface area contributed by atoms with Crippen LogP contribution in [0.1, 0.15) is 87.1 Å². The first-order valence-electron chi connectivity index (χ1n) is 16.3. The molecule has 0 aliphatic carbocycles. The van der Waals surface area contributed by atoms with Gasteiger partial charge in [0, 0.05) is 12.1 Å². The molecule has 1 heterocycles. The summed E-state index contributed by atoms with van der Waals surface area (Å²) in [6, 6.07) is 13.4. The number of amides is 1. The molecule has 0 unspecified atom stereocenters. The fourth-order valence-corrected chi connectivity index (χ4v) is 12.9. The Balaban J connectivity index is 2.51. The largest absolute Gasteiger partial charge is 0.445 e. The molecule has 0 bridgehead atoms. The van der Waals surface area contributed by atoms with Crippen LogP contribution >= 0.6 is 11.8 Å². The minimum atomic E-state index is -2.59. The number of benzene rings is 1. The predicted octanol–water partition coefficient (Wildman–Crippen LogP) is 7.95. The number of hydrogen-bond donors (Lipinski definition) is 2. The van der Waals surface area contributed by atoms with Gasteiger partial charge >= 0.3 is 6.09 Å². The number of ketones is 1. The normalized spacial score (nSPS) is 15.4. The van der Waals surface area contributed by atoms with E-state index in [-0.39, 0.29) is 28.3 Å². The molecular formula is C35H54N2O6SSi. The molecule has 1 aromatic carbocycles. The minimum absolute atomic E-state index is 0.0261. The van der Waals surface area contributed by atoms with Crippen molar-refractivity contribution in [1.29, 1.82) is 0 Å². The van der Waals surface area contributed by atoms with Crippen LogP contribution in [-0.4, -0.2) is 53.6 Å². The first-order valence-corrected chi connectivity index (χ1v) is 19.2. The van der Waals surface area contributed by atoms with E-state index in [0.717, 1.165) is 30.2 Å². The second-order valence-corrected chi connectivity index (χ2v) is 19.3. The van der Waals surface area contributed by atoms with Crippen LogP contribution in [0.5, 0.6) is 0 Å². The zero-order valence-corrected chi connectivity index (χ0v) is 30.3. The molecule has 0 aliphatic rings. The predicted molar refractivity (Wildman–Crippen MR) is 183 cm³/mol. The number of carbonyl (C=O) groups is 3. The number of thioether (sulfide) groups is 1. The van der Waals surface area contributed by atoms with E-state index in [1.165, 1.54) is 6.92 Å². The van der Waals surface area contributed by atoms with Gasteiger partial charge in [-0.25, -0.2) is 9.78 Å². The van der Waals surface area contributed by atoms with Crippen LogP contribution in [0.15, 0.2) is 59.8 Å². The zero-order valence-electron chi connectivity index (χ0n) is 28.5. The lowest BCUT2D eigenvalue weighted by atomic mass is 9.84. The summed E-state index contributed by atoms with van der Waals surface area (Å²) in [5, 5.41) is 13.8. The van der Waals surface area contributed by atoms with Gasteiger partial charge in [0.15, 0.2) is 5.78 Å². The van der Waals surface area contributed by atoms with E-state index in [1.54, 1.807) is 25.3 Å². The van der Waals surface area contributed by atoms with Crippen molar-refractivity contribution in [1.82, 2.24) is 10.3 Å². The summed E-state index contributed by atoms with van der Waals surface area (Å²) in [6.07, 6.45) is 1.10. The highest BCUT2D eigenvalue weighted by molar-refractivity contribution is 8.13. The molecule has 0 saturated heterocycles. The number of aliphatic hydroxyl groups is 1. The zero-order chi connectivity index (χ0) is 33.7. The van der Waals surface area contributed by atoms with E-state index in [9.17, 15) is 19.5 Å². The molecule has 5 atom stereocenters. The number of hydrogen-bond acceptors (Lipinski definition) is 8. The minimum Gasteiger partial charge on any atom is -0.445 e. The van der Waals surface area contributed by atoms with Gasteiger partial charge in [0.2, 0.25) is 13.4 Å². The quantitative estimate of drug-likeness (QED) is 0.123. The number of aromatic nitrogens is 1. The Morgan fingerprint density at radius 1 is 0.911 bits per heavy atom. The lowest BCUT2D eigenvalue weighted by Gasteiger charge is -2.47. The van der Waals surface area contributed by atoms with Gasteiger partial charge in [-0.1, -0.05) is 105 Å². The standard InChI is InChI=1S/C35H54N2O6SSi/c1-10-11-19-29(34(40)44-30-20-15-16-21-36-30)33(43-45(23(2)3,24(4)5)25(6)7)26(8)32(39)31(27(9)38)37-35(41)42-22-28-17-13-12-14-18-28/h12-18,20-21,23-27,29,31,33,38H,10-11,19,22H2,1-9H3,(H,37,41)/t26-,27+,29-,31-,33-/m0/s1. The number of alkyl carbamates (subject to hydrolysis) is 1. The average molecular weight is 659 g/mol. The molecule has 45 heavy (non-hydrogen) atoms. The van der Waals surface area contributed by atoms with Crippen molar-refractivity contribution in [2.24, 2.45) is 11.8 Å². The summed E-state index contributed by atoms with van der Waals surface area (Å²) < 4.78 is 12.7. The van der Waals surface area contributed by atoms with Gasteiger partial charge < -0.3 is 19.6 Å². The Morgan fingerprint density at radius 3 is 2.02 bits per heavy atom. The lowest BCUT2D eigenvalue weighted by molar-refractivity contribution is -0.132. The van der Waals surface area contributed by atoms with Gasteiger partial charge in [-0.05, 0) is 59.4 Å². The number of aliphatic hydroxyl groups excluding tert-OH is 1. The van der Waals surface area contributed by atoms with E-state index in [4.69, 9.17) is 9.16 Å². The van der Waals surface area contributed by atoms with Crippen molar-refractivity contribution in [2.75, 3.05) is 0 Å². The van der Waals surface area contributed by atoms with Crippen LogP contribution in [0.3, 0.4) is 0 Å². The van der Waals surface area contributed by atoms with E-state index >= 15 is 0 Å². The van der Waals surface area contributed by atoms with Gasteiger partial charge in [0.25, 0.3) is 0 Å². The van der Waals surface area contributed by atoms with Gasteiger partial charge in [0.05, 0.1) is 18.1 Å². The summed E-state index contributed by atoms with van der Waals surface area (Å²) in [6.45, 7) is 18.4. The maximum Gasteiger partial charge on any atom is 0.408 e. The molecule has 2 aromatic rings. The highest BCUT2D eigenvalue weighted by Gasteiger charge is 2.51. The maximum atomic E-state index is 14.3. The van der Waals surface area contributed by atoms with Crippen molar-refractivity contribution in [3.05, 3.63) is 60.3 Å². The molecule has 0 aliphatic heterocycles. The third kappa shape index (κ3) is 10.8. The number of ether oxygens (including phenoxy) is 1. The summed E-state index contributed by atoms with van der Waals surface area (Å²) in [4.78, 5) is 45.5. The second-order valence-electron chi connectivity index (χ2n) is 12.9. The van der Waals surface area contributed by atoms with Crippen LogP contribution in [0.4, 0.5) is 4.79 Å². The number of Topliss-reactive ketones (excluding diaryl/α,β-unsaturated/α-hetero) is 1. The van der Waals surface area contributed by atoms with Crippen molar-refractivity contribution in [3.8, 4) is 0 Å². The highest BCUT2D eigenvalue weighted by atomic mass is 32.2. The van der Waals surface area contributed by atoms with Crippen molar-refractivity contribution in [2.45, 2.75) is 128 Å². The molecule has 2 rings (SSSR count). The van der Waals surface area contributed by atoms with Crippen LogP contribution in [0.25, 0.3) is 0 Å². The van der Waals surface area contributed by atoms with Gasteiger partial charge in [-0.2, -0.15) is 0 Å². The number of nitrogens with zero attached hydrogens (tertiary/aromatic N) is 1. The fraction of sp³-hybridized carbons (Fsp3) is 0.600. The molecular weight excluding hydrogens is 605 g/mol. The Bertz CT molecular complexity index is 1170. The topological polar surface area (TPSA) is 115 Å². The van der Waals surface area contributed by atoms with Gasteiger partial charge in [-0.3, -0.25) is 9.59 Å². The molecule has 8 nitrogen and oxygen atoms in total. The molecule has 10 heteroatoms. The molecule has 250 valence electrons. The molecule has 0 spiro atoms. The Hall–Kier alpha value is -2.53. The Kier molecular flexibility index (Phi) is 16.0. The summed E-state index contributed by atoms with van der Waals surface area (Å²) in [7, 11) is -2.59. The van der Waals surface area contributed by atoms with Crippen LogP contribution in [0, 0.1) is 11.8 Å². The van der Waals surface area contributed by atoms with Crippen molar-refractivity contribution in [3.63, 3.8) is 0 Å². The average Bonchev–Trinajstić information content (AvgIpc) is 3.00. The van der Waals surface area contributed by atoms with E-state index < -0.39 is 50.3 Å². The van der Waals surface area contributed by atoms with E-state index in [0.29, 0.717) is 11.4 Å². The molecule has 0 radical (unpaired) electrons. The van der Waals surface area contributed by atoms with E-state index in [2.05, 4.69) is 58.8 Å². The second kappa shape index (κ2) is 18.6. The fourth-order valence-electron chi connectivity index (χ4n) is 6.37. The Labute approximate surface area is 275 Å². The maximum absolute atomic E-state index is 14.3. The number of unbranched alkanes of at least 4 members (excludes halogenated alkanes) is 1. The molecule has 0 fully saturated rings. The lowest BCUT2D eigenvalue weighted by Crippen LogP contribution is -2.57. The van der Waals surface area contributed by atoms with Gasteiger partial charge in [0.1, 0.15) is 17.7 Å². The van der Waals surface area contributed by atoms with Crippen molar-refractivity contribution < 1.29 is 28.7 Å². The third-order valence-corrected chi connectivity index (χ3v) is 15.7. The number of rotatable bonds is 18. The smallest absolute Gasteiger partial charge is 0.408 e. The summed E-state index contributed by atoms with van der Waals surface area (Å²) in [5.41, 5.74) is 1.44. The van der Waals surface area contributed by atoms with Gasteiger partial charge in [-0.15, -0.1) is 0 Å². The van der Waals surface area contributed by atoms with Crippen LogP contribution in [0.2, 0.25) is 16.6 Å². The number of pyridine rings is 1. The third-order valence-electron chi connectivity index (χ3n) is 8.67. The molecule has 1 aromatic heterocycles. The molecule has 1 amide bonds. The van der Waals surface area contributed by atoms with Crippen LogP contribution < -0.4 is 5.32 Å². The molecule has 2 N–H and O–H groups in total. The van der Waals surface area contributed by atoms with Crippen molar-refractivity contribution >= 4 is 37.1 Å². The Morgan fingerprint density at radius 2 is 1.51 bits per heavy atom. The summed E-state index contributed by atoms with van der Waals surface area (Å²) >= 11 is 1.08. The molecule has 0 saturated carbocycles.